The summed E-state index contributed by atoms with van der Waals surface area (Å²) in [7, 11) is -3.64. The summed E-state index contributed by atoms with van der Waals surface area (Å²) in [5.41, 5.74) is 1.82. The number of benzene rings is 2. The van der Waals surface area contributed by atoms with Gasteiger partial charge in [0.2, 0.25) is 10.0 Å². The van der Waals surface area contributed by atoms with Gasteiger partial charge in [0, 0.05) is 24.3 Å². The molecule has 1 heterocycles. The molecule has 0 aromatic heterocycles. The van der Waals surface area contributed by atoms with Crippen molar-refractivity contribution in [2.75, 3.05) is 18.4 Å². The Morgan fingerprint density at radius 1 is 1.10 bits per heavy atom. The van der Waals surface area contributed by atoms with Crippen LogP contribution in [-0.4, -0.2) is 43.9 Å². The highest BCUT2D eigenvalue weighted by molar-refractivity contribution is 7.89. The van der Waals surface area contributed by atoms with Crippen LogP contribution in [0.5, 0.6) is 0 Å². The fraction of sp³-hybridized carbons (Fsp3) is 0.333. The van der Waals surface area contributed by atoms with Crippen LogP contribution in [0.1, 0.15) is 29.8 Å². The molecule has 2 aromatic carbocycles. The first-order valence-electron chi connectivity index (χ1n) is 9.32. The number of sulfonamides is 1. The van der Waals surface area contributed by atoms with Crippen LogP contribution in [0.2, 0.25) is 0 Å². The fourth-order valence-electron chi connectivity index (χ4n) is 3.25. The first kappa shape index (κ1) is 21.0. The average molecular weight is 413 g/mol. The number of ether oxygens (including phenoxy) is 1. The summed E-state index contributed by atoms with van der Waals surface area (Å²) in [5.74, 6) is -0.337. The van der Waals surface area contributed by atoms with Crippen LogP contribution in [0.15, 0.2) is 53.4 Å². The standard InChI is InChI=1S/C21H23N3O4S/c1-15-13-24(14-16(2)28-15)29(26,27)20-9-5-18(6-10-20)21(25)23-19-7-3-17(4-8-19)11-12-22/h3-10,15-16H,11,13-14H2,1-2H3,(H,23,25)/t15-,16+. The van der Waals surface area contributed by atoms with Crippen molar-refractivity contribution in [3.05, 3.63) is 59.7 Å². The van der Waals surface area contributed by atoms with Crippen molar-refractivity contribution in [2.45, 2.75) is 37.4 Å². The normalized spacial score (nSPS) is 20.0. The fourth-order valence-corrected chi connectivity index (χ4v) is 4.85. The Morgan fingerprint density at radius 3 is 2.24 bits per heavy atom. The summed E-state index contributed by atoms with van der Waals surface area (Å²) in [4.78, 5) is 12.6. The van der Waals surface area contributed by atoms with Gasteiger partial charge in [0.1, 0.15) is 0 Å². The topological polar surface area (TPSA) is 99.5 Å². The van der Waals surface area contributed by atoms with E-state index in [1.54, 1.807) is 24.3 Å². The summed E-state index contributed by atoms with van der Waals surface area (Å²) in [5, 5.41) is 11.5. The van der Waals surface area contributed by atoms with E-state index in [0.29, 0.717) is 30.8 Å². The highest BCUT2D eigenvalue weighted by atomic mass is 32.2. The molecule has 1 N–H and O–H groups in total. The summed E-state index contributed by atoms with van der Waals surface area (Å²) in [6, 6.07) is 15.0. The Balaban J connectivity index is 1.70. The summed E-state index contributed by atoms with van der Waals surface area (Å²) in [6.45, 7) is 4.30. The molecule has 152 valence electrons. The number of carbonyl (C=O) groups is 1. The zero-order valence-corrected chi connectivity index (χ0v) is 17.1. The molecule has 1 aliphatic rings. The van der Waals surface area contributed by atoms with Crippen molar-refractivity contribution in [3.63, 3.8) is 0 Å². The van der Waals surface area contributed by atoms with E-state index in [1.807, 2.05) is 13.8 Å². The van der Waals surface area contributed by atoms with Crippen molar-refractivity contribution in [3.8, 4) is 6.07 Å². The second-order valence-electron chi connectivity index (χ2n) is 7.09. The van der Waals surface area contributed by atoms with Gasteiger partial charge in [-0.3, -0.25) is 4.79 Å². The molecular formula is C21H23N3O4S. The molecule has 3 rings (SSSR count). The monoisotopic (exact) mass is 413 g/mol. The minimum Gasteiger partial charge on any atom is -0.373 e. The Kier molecular flexibility index (Phi) is 6.33. The van der Waals surface area contributed by atoms with Crippen molar-refractivity contribution >= 4 is 21.6 Å². The maximum atomic E-state index is 12.9. The Labute approximate surface area is 171 Å². The van der Waals surface area contributed by atoms with Crippen molar-refractivity contribution < 1.29 is 17.9 Å². The van der Waals surface area contributed by atoms with E-state index in [-0.39, 0.29) is 23.0 Å². The van der Waals surface area contributed by atoms with E-state index in [9.17, 15) is 13.2 Å². The third kappa shape index (κ3) is 5.01. The Bertz CT molecular complexity index is 1000. The Hall–Kier alpha value is -2.73. The molecule has 0 radical (unpaired) electrons. The zero-order valence-electron chi connectivity index (χ0n) is 16.3. The first-order valence-corrected chi connectivity index (χ1v) is 10.8. The zero-order chi connectivity index (χ0) is 21.0. The van der Waals surface area contributed by atoms with Gasteiger partial charge in [-0.2, -0.15) is 9.57 Å². The molecule has 0 aliphatic carbocycles. The molecule has 0 spiro atoms. The summed E-state index contributed by atoms with van der Waals surface area (Å²) in [6.07, 6.45) is -0.0264. The molecule has 1 aliphatic heterocycles. The number of nitrogens with zero attached hydrogens (tertiary/aromatic N) is 2. The van der Waals surface area contributed by atoms with E-state index in [0.717, 1.165) is 5.56 Å². The van der Waals surface area contributed by atoms with Crippen molar-refractivity contribution in [1.82, 2.24) is 4.31 Å². The molecule has 2 aromatic rings. The summed E-state index contributed by atoms with van der Waals surface area (Å²) >= 11 is 0. The van der Waals surface area contributed by atoms with E-state index < -0.39 is 10.0 Å². The highest BCUT2D eigenvalue weighted by Gasteiger charge is 2.32. The highest BCUT2D eigenvalue weighted by Crippen LogP contribution is 2.22. The van der Waals surface area contributed by atoms with Gasteiger partial charge >= 0.3 is 0 Å². The number of carbonyl (C=O) groups excluding carboxylic acids is 1. The van der Waals surface area contributed by atoms with Crippen molar-refractivity contribution in [2.24, 2.45) is 0 Å². The summed E-state index contributed by atoms with van der Waals surface area (Å²) < 4.78 is 32.8. The molecule has 0 saturated carbocycles. The molecular weight excluding hydrogens is 390 g/mol. The number of hydrogen-bond acceptors (Lipinski definition) is 5. The van der Waals surface area contributed by atoms with Crippen molar-refractivity contribution in [1.29, 1.82) is 5.26 Å². The van der Waals surface area contributed by atoms with Gasteiger partial charge in [-0.25, -0.2) is 8.42 Å². The Morgan fingerprint density at radius 2 is 1.69 bits per heavy atom. The van der Waals surface area contributed by atoms with Gasteiger partial charge in [0.25, 0.3) is 5.91 Å². The first-order chi connectivity index (χ1) is 13.8. The molecule has 8 heteroatoms. The molecule has 7 nitrogen and oxygen atoms in total. The molecule has 1 saturated heterocycles. The predicted molar refractivity (Wildman–Crippen MR) is 109 cm³/mol. The number of nitrogens with one attached hydrogen (secondary N) is 1. The van der Waals surface area contributed by atoms with Crippen LogP contribution in [0.25, 0.3) is 0 Å². The molecule has 2 atom stereocenters. The molecule has 1 fully saturated rings. The second kappa shape index (κ2) is 8.74. The number of rotatable bonds is 5. The third-order valence-electron chi connectivity index (χ3n) is 4.64. The molecule has 29 heavy (non-hydrogen) atoms. The van der Waals surface area contributed by atoms with Crippen LogP contribution < -0.4 is 5.32 Å². The van der Waals surface area contributed by atoms with Gasteiger partial charge in [-0.1, -0.05) is 12.1 Å². The lowest BCUT2D eigenvalue weighted by Crippen LogP contribution is -2.48. The van der Waals surface area contributed by atoms with Crippen LogP contribution >= 0.6 is 0 Å². The lowest BCUT2D eigenvalue weighted by Gasteiger charge is -2.34. The predicted octanol–water partition coefficient (Wildman–Crippen LogP) is 2.80. The maximum absolute atomic E-state index is 12.9. The molecule has 1 amide bonds. The largest absolute Gasteiger partial charge is 0.373 e. The molecule has 0 unspecified atom stereocenters. The van der Waals surface area contributed by atoms with E-state index >= 15 is 0 Å². The average Bonchev–Trinajstić information content (AvgIpc) is 2.69. The van der Waals surface area contributed by atoms with Gasteiger partial charge < -0.3 is 10.1 Å². The number of morpholine rings is 1. The maximum Gasteiger partial charge on any atom is 0.255 e. The number of amides is 1. The smallest absolute Gasteiger partial charge is 0.255 e. The van der Waals surface area contributed by atoms with Crippen LogP contribution in [0, 0.1) is 11.3 Å². The lowest BCUT2D eigenvalue weighted by molar-refractivity contribution is -0.0440. The number of hydrogen-bond donors (Lipinski definition) is 1. The molecule has 0 bridgehead atoms. The number of nitriles is 1. The van der Waals surface area contributed by atoms with Gasteiger partial charge in [-0.05, 0) is 55.8 Å². The second-order valence-corrected chi connectivity index (χ2v) is 9.03. The lowest BCUT2D eigenvalue weighted by atomic mass is 10.1. The van der Waals surface area contributed by atoms with Gasteiger partial charge in [0.15, 0.2) is 0 Å². The van der Waals surface area contributed by atoms with E-state index in [1.165, 1.54) is 28.6 Å². The SMILES string of the molecule is C[C@@H]1CN(S(=O)(=O)c2ccc(C(=O)Nc3ccc(CC#N)cc3)cc2)C[C@H](C)O1. The van der Waals surface area contributed by atoms with Gasteiger partial charge in [0.05, 0.1) is 29.6 Å². The quantitative estimate of drug-likeness (QED) is 0.813. The van der Waals surface area contributed by atoms with Gasteiger partial charge in [-0.15, -0.1) is 0 Å². The number of anilines is 1. The minimum atomic E-state index is -3.64. The van der Waals surface area contributed by atoms with Crippen LogP contribution in [-0.2, 0) is 21.2 Å². The third-order valence-corrected chi connectivity index (χ3v) is 6.48. The van der Waals surface area contributed by atoms with Crippen LogP contribution in [0.4, 0.5) is 5.69 Å². The van der Waals surface area contributed by atoms with E-state index in [2.05, 4.69) is 11.4 Å². The van der Waals surface area contributed by atoms with E-state index in [4.69, 9.17) is 10.00 Å². The van der Waals surface area contributed by atoms with Crippen LogP contribution in [0.3, 0.4) is 0 Å². The minimum absolute atomic E-state index is 0.149.